The second kappa shape index (κ2) is 3.95. The predicted molar refractivity (Wildman–Crippen MR) is 81.6 cm³/mol. The lowest BCUT2D eigenvalue weighted by Gasteiger charge is -2.13. The summed E-state index contributed by atoms with van der Waals surface area (Å²) in [5.74, 6) is -0.497. The Kier molecular flexibility index (Phi) is 2.34. The molecule has 2 aromatic heterocycles. The molecule has 0 fully saturated rings. The molecule has 7 heteroatoms. The fraction of sp³-hybridized carbons (Fsp3) is 0.0667. The Balaban J connectivity index is 2.38. The molecule has 4 rings (SSSR count). The van der Waals surface area contributed by atoms with E-state index in [0.29, 0.717) is 5.69 Å². The van der Waals surface area contributed by atoms with Gasteiger partial charge in [0.15, 0.2) is 0 Å². The van der Waals surface area contributed by atoms with Crippen molar-refractivity contribution in [1.82, 2.24) is 8.54 Å². The average molecular weight is 314 g/mol. The van der Waals surface area contributed by atoms with E-state index in [1.807, 2.05) is 0 Å². The minimum Gasteiger partial charge on any atom is -0.288 e. The third-order valence-corrected chi connectivity index (χ3v) is 4.83. The first kappa shape index (κ1) is 13.0. The van der Waals surface area contributed by atoms with E-state index in [1.54, 1.807) is 30.3 Å². The molecule has 0 aliphatic carbocycles. The van der Waals surface area contributed by atoms with Crippen LogP contribution in [-0.4, -0.2) is 29.1 Å². The van der Waals surface area contributed by atoms with Gasteiger partial charge < -0.3 is 0 Å². The molecule has 1 aromatic carbocycles. The van der Waals surface area contributed by atoms with Crippen LogP contribution in [0.4, 0.5) is 0 Å². The number of fused-ring (bicyclic) bond motifs is 4. The van der Waals surface area contributed by atoms with E-state index < -0.39 is 21.4 Å². The van der Waals surface area contributed by atoms with Gasteiger partial charge >= 0.3 is 0 Å². The highest BCUT2D eigenvalue weighted by molar-refractivity contribution is 7.89. The van der Waals surface area contributed by atoms with Crippen molar-refractivity contribution >= 4 is 26.8 Å². The van der Waals surface area contributed by atoms with Crippen LogP contribution in [0.25, 0.3) is 22.3 Å². The molecule has 0 radical (unpaired) electrons. The third kappa shape index (κ3) is 1.46. The van der Waals surface area contributed by atoms with Gasteiger partial charge in [-0.15, -0.1) is 0 Å². The van der Waals surface area contributed by atoms with Crippen LogP contribution in [0.3, 0.4) is 0 Å². The summed E-state index contributed by atoms with van der Waals surface area (Å²) >= 11 is 0. The number of pyridine rings is 1. The number of nitrogens with zero attached hydrogens (tertiary/aromatic N) is 2. The van der Waals surface area contributed by atoms with Crippen molar-refractivity contribution in [3.8, 4) is 11.4 Å². The Morgan fingerprint density at radius 1 is 1.00 bits per heavy atom. The third-order valence-electron chi connectivity index (χ3n) is 3.79. The number of hydrogen-bond donors (Lipinski definition) is 0. The minimum absolute atomic E-state index is 0.0975. The first-order chi connectivity index (χ1) is 10.4. The van der Waals surface area contributed by atoms with E-state index in [1.165, 1.54) is 16.8 Å². The summed E-state index contributed by atoms with van der Waals surface area (Å²) in [5, 5.41) is 0.214. The van der Waals surface area contributed by atoms with Crippen LogP contribution in [0.1, 0.15) is 10.4 Å². The van der Waals surface area contributed by atoms with Gasteiger partial charge in [-0.1, -0.05) is 12.1 Å². The van der Waals surface area contributed by atoms with Crippen molar-refractivity contribution in [2.75, 3.05) is 6.26 Å². The van der Waals surface area contributed by atoms with E-state index in [2.05, 4.69) is 0 Å². The zero-order valence-corrected chi connectivity index (χ0v) is 12.3. The summed E-state index contributed by atoms with van der Waals surface area (Å²) < 4.78 is 27.0. The van der Waals surface area contributed by atoms with Crippen LogP contribution < -0.4 is 5.43 Å². The summed E-state index contributed by atoms with van der Waals surface area (Å²) in [4.78, 5) is 25.1. The highest BCUT2D eigenvalue weighted by atomic mass is 32.2. The molecule has 1 aliphatic rings. The van der Waals surface area contributed by atoms with Gasteiger partial charge in [0, 0.05) is 11.6 Å². The number of rotatable bonds is 1. The molecule has 0 spiro atoms. The molecule has 0 bridgehead atoms. The van der Waals surface area contributed by atoms with E-state index in [0.717, 1.165) is 10.2 Å². The first-order valence-electron chi connectivity index (χ1n) is 6.52. The fourth-order valence-corrected chi connectivity index (χ4v) is 3.99. The highest BCUT2D eigenvalue weighted by Gasteiger charge is 2.34. The van der Waals surface area contributed by atoms with Gasteiger partial charge in [-0.2, -0.15) is 0 Å². The summed E-state index contributed by atoms with van der Waals surface area (Å²) in [5.41, 5.74) is 0.282. The molecule has 0 N–H and O–H groups in total. The van der Waals surface area contributed by atoms with Crippen LogP contribution in [0.15, 0.2) is 47.4 Å². The van der Waals surface area contributed by atoms with Crippen molar-refractivity contribution in [1.29, 1.82) is 0 Å². The van der Waals surface area contributed by atoms with Gasteiger partial charge in [-0.05, 0) is 24.3 Å². The Hall–Kier alpha value is -2.67. The summed E-state index contributed by atoms with van der Waals surface area (Å²) in [6.45, 7) is 0. The lowest BCUT2D eigenvalue weighted by atomic mass is 10.1. The molecule has 0 saturated carbocycles. The standard InChI is InChI=1S/C15H10N2O4S/c1-22(20,21)17-10-6-3-2-5-9(10)14(18)12-13(17)11-7-4-8-16(11)15(12)19/h2-8H,1H3. The van der Waals surface area contributed by atoms with Gasteiger partial charge in [-0.3, -0.25) is 14.2 Å². The molecule has 0 saturated heterocycles. The van der Waals surface area contributed by atoms with Crippen molar-refractivity contribution in [2.24, 2.45) is 0 Å². The zero-order valence-electron chi connectivity index (χ0n) is 11.5. The maximum Gasteiger partial charge on any atom is 0.268 e. The van der Waals surface area contributed by atoms with E-state index in [9.17, 15) is 18.0 Å². The first-order valence-corrected chi connectivity index (χ1v) is 8.37. The molecule has 1 aliphatic heterocycles. The van der Waals surface area contributed by atoms with Gasteiger partial charge in [0.25, 0.3) is 5.91 Å². The second-order valence-corrected chi connectivity index (χ2v) is 7.00. The van der Waals surface area contributed by atoms with Crippen LogP contribution >= 0.6 is 0 Å². The molecule has 0 amide bonds. The molecular formula is C15H10N2O4S. The Bertz CT molecular complexity index is 1140. The number of para-hydroxylation sites is 1. The van der Waals surface area contributed by atoms with Crippen molar-refractivity contribution in [2.45, 2.75) is 0 Å². The van der Waals surface area contributed by atoms with Gasteiger partial charge in [0.2, 0.25) is 15.5 Å². The fourth-order valence-electron chi connectivity index (χ4n) is 2.95. The van der Waals surface area contributed by atoms with Gasteiger partial charge in [0.1, 0.15) is 5.56 Å². The molecule has 6 nitrogen and oxygen atoms in total. The molecule has 22 heavy (non-hydrogen) atoms. The van der Waals surface area contributed by atoms with Crippen LogP contribution in [0.5, 0.6) is 0 Å². The van der Waals surface area contributed by atoms with Crippen molar-refractivity contribution in [3.63, 3.8) is 0 Å². The lowest BCUT2D eigenvalue weighted by molar-refractivity contribution is 0.0968. The number of benzene rings is 1. The Labute approximate surface area is 125 Å². The smallest absolute Gasteiger partial charge is 0.268 e. The monoisotopic (exact) mass is 314 g/mol. The second-order valence-electron chi connectivity index (χ2n) is 5.17. The number of carbonyl (C=O) groups is 1. The van der Waals surface area contributed by atoms with E-state index in [-0.39, 0.29) is 22.2 Å². The van der Waals surface area contributed by atoms with E-state index >= 15 is 0 Å². The van der Waals surface area contributed by atoms with E-state index in [4.69, 9.17) is 0 Å². The maximum atomic E-state index is 12.6. The lowest BCUT2D eigenvalue weighted by Crippen LogP contribution is -2.23. The number of hydrogen-bond acceptors (Lipinski definition) is 4. The summed E-state index contributed by atoms with van der Waals surface area (Å²) in [6, 6.07) is 9.66. The normalized spacial score (nSPS) is 13.4. The van der Waals surface area contributed by atoms with Gasteiger partial charge in [-0.25, -0.2) is 12.4 Å². The zero-order chi connectivity index (χ0) is 15.6. The Morgan fingerprint density at radius 2 is 1.73 bits per heavy atom. The molecule has 3 heterocycles. The average Bonchev–Trinajstić information content (AvgIpc) is 3.02. The van der Waals surface area contributed by atoms with Crippen molar-refractivity contribution < 1.29 is 13.2 Å². The topological polar surface area (TPSA) is 78.1 Å². The molecular weight excluding hydrogens is 304 g/mol. The Morgan fingerprint density at radius 3 is 2.45 bits per heavy atom. The maximum absolute atomic E-state index is 12.6. The number of aromatic nitrogens is 2. The van der Waals surface area contributed by atoms with Crippen molar-refractivity contribution in [3.05, 3.63) is 58.4 Å². The van der Waals surface area contributed by atoms with Crippen LogP contribution in [0, 0.1) is 0 Å². The summed E-state index contributed by atoms with van der Waals surface area (Å²) in [7, 11) is -3.70. The van der Waals surface area contributed by atoms with Crippen LogP contribution in [0.2, 0.25) is 0 Å². The minimum atomic E-state index is -3.70. The van der Waals surface area contributed by atoms with Gasteiger partial charge in [0.05, 0.1) is 23.2 Å². The molecule has 3 aromatic rings. The van der Waals surface area contributed by atoms with Crippen LogP contribution in [-0.2, 0) is 10.0 Å². The predicted octanol–water partition coefficient (Wildman–Crippen LogP) is 1.28. The molecule has 0 unspecified atom stereocenters. The molecule has 110 valence electrons. The quantitative estimate of drug-likeness (QED) is 0.530. The summed E-state index contributed by atoms with van der Waals surface area (Å²) in [6.07, 6.45) is 2.58. The largest absolute Gasteiger partial charge is 0.288 e. The molecule has 0 atom stereocenters. The highest BCUT2D eigenvalue weighted by Crippen LogP contribution is 2.33. The number of carbonyl (C=O) groups excluding carboxylic acids is 1. The SMILES string of the molecule is CS(=O)(=O)n1c2c(c(=O)c3ccccc31)C(=O)n1cccc1-2.